The van der Waals surface area contributed by atoms with Crippen molar-refractivity contribution in [2.45, 2.75) is 18.9 Å². The lowest BCUT2D eigenvalue weighted by molar-refractivity contribution is 0.0515. The van der Waals surface area contributed by atoms with Gasteiger partial charge in [-0.1, -0.05) is 6.07 Å². The number of aromatic nitrogens is 3. The summed E-state index contributed by atoms with van der Waals surface area (Å²) in [7, 11) is 0. The van der Waals surface area contributed by atoms with Crippen molar-refractivity contribution in [3.8, 4) is 6.01 Å². The van der Waals surface area contributed by atoms with Crippen LogP contribution in [0.1, 0.15) is 23.2 Å². The lowest BCUT2D eigenvalue weighted by atomic mass is 10.1. The van der Waals surface area contributed by atoms with Crippen molar-refractivity contribution in [1.82, 2.24) is 19.3 Å². The maximum absolute atomic E-state index is 12.9. The van der Waals surface area contributed by atoms with E-state index in [-0.39, 0.29) is 18.0 Å². The molecule has 0 spiro atoms. The van der Waals surface area contributed by atoms with Gasteiger partial charge in [0.15, 0.2) is 5.82 Å². The summed E-state index contributed by atoms with van der Waals surface area (Å²) in [5.41, 5.74) is 1.64. The molecule has 4 heterocycles. The van der Waals surface area contributed by atoms with Crippen LogP contribution in [0.5, 0.6) is 6.01 Å². The molecule has 0 saturated carbocycles. The van der Waals surface area contributed by atoms with Crippen molar-refractivity contribution in [1.29, 1.82) is 0 Å². The Morgan fingerprint density at radius 3 is 2.92 bits per heavy atom. The second-order valence-corrected chi connectivity index (χ2v) is 6.08. The van der Waals surface area contributed by atoms with Gasteiger partial charge in [0.1, 0.15) is 6.10 Å². The number of hydrogen-bond acceptors (Lipinski definition) is 4. The second kappa shape index (κ2) is 6.51. The molecule has 1 aliphatic heterocycles. The summed E-state index contributed by atoms with van der Waals surface area (Å²) in [6.45, 7) is 1.15. The number of carbonyl (C=O) groups is 1. The van der Waals surface area contributed by atoms with Gasteiger partial charge in [0.2, 0.25) is 0 Å². The summed E-state index contributed by atoms with van der Waals surface area (Å²) in [4.78, 5) is 22.2. The number of carbonyl (C=O) groups excluding carboxylic acids is 1. The van der Waals surface area contributed by atoms with Crippen LogP contribution < -0.4 is 4.74 Å². The summed E-state index contributed by atoms with van der Waals surface area (Å²) in [6.07, 6.45) is 7.35. The molecule has 0 bridgehead atoms. The fourth-order valence-corrected chi connectivity index (χ4v) is 3.08. The van der Waals surface area contributed by atoms with E-state index in [1.807, 2.05) is 41.1 Å². The Morgan fingerprint density at radius 1 is 1.28 bits per heavy atom. The third kappa shape index (κ3) is 3.31. The molecule has 1 fully saturated rings. The van der Waals surface area contributed by atoms with E-state index in [1.54, 1.807) is 4.90 Å². The van der Waals surface area contributed by atoms with E-state index in [0.717, 1.165) is 30.8 Å². The minimum atomic E-state index is -0.506. The molecule has 3 aromatic rings. The predicted octanol–water partition coefficient (Wildman–Crippen LogP) is 2.55. The minimum Gasteiger partial charge on any atom is -0.458 e. The zero-order valence-corrected chi connectivity index (χ0v) is 13.5. The number of rotatable bonds is 3. The highest BCUT2D eigenvalue weighted by Crippen LogP contribution is 2.19. The van der Waals surface area contributed by atoms with E-state index in [2.05, 4.69) is 9.97 Å². The summed E-state index contributed by atoms with van der Waals surface area (Å²) in [5.74, 6) is -0.523. The van der Waals surface area contributed by atoms with E-state index in [1.165, 1.54) is 0 Å². The smallest absolute Gasteiger partial charge is 0.316 e. The van der Waals surface area contributed by atoms with E-state index < -0.39 is 5.82 Å². The highest BCUT2D eigenvalue weighted by Gasteiger charge is 2.26. The average Bonchev–Trinajstić information content (AvgIpc) is 3.07. The van der Waals surface area contributed by atoms with Gasteiger partial charge >= 0.3 is 6.01 Å². The van der Waals surface area contributed by atoms with Gasteiger partial charge in [-0.2, -0.15) is 0 Å². The van der Waals surface area contributed by atoms with Gasteiger partial charge in [-0.05, 0) is 31.0 Å². The molecule has 0 radical (unpaired) electrons. The van der Waals surface area contributed by atoms with Crippen molar-refractivity contribution in [2.75, 3.05) is 13.1 Å². The van der Waals surface area contributed by atoms with Crippen molar-refractivity contribution in [3.05, 3.63) is 60.4 Å². The Hall–Kier alpha value is -2.96. The average molecular weight is 340 g/mol. The fourth-order valence-electron chi connectivity index (χ4n) is 3.08. The van der Waals surface area contributed by atoms with Crippen molar-refractivity contribution < 1.29 is 13.9 Å². The monoisotopic (exact) mass is 340 g/mol. The molecule has 4 rings (SSSR count). The third-order valence-electron chi connectivity index (χ3n) is 4.29. The van der Waals surface area contributed by atoms with Crippen molar-refractivity contribution in [2.24, 2.45) is 0 Å². The summed E-state index contributed by atoms with van der Waals surface area (Å²) >= 11 is 0. The van der Waals surface area contributed by atoms with Gasteiger partial charge in [-0.15, -0.1) is 0 Å². The fraction of sp³-hybridized carbons (Fsp3) is 0.278. The van der Waals surface area contributed by atoms with Crippen LogP contribution in [-0.2, 0) is 0 Å². The zero-order chi connectivity index (χ0) is 17.2. The topological polar surface area (TPSA) is 59.7 Å². The second-order valence-electron chi connectivity index (χ2n) is 6.08. The highest BCUT2D eigenvalue weighted by atomic mass is 19.1. The Bertz CT molecular complexity index is 860. The Labute approximate surface area is 143 Å². The van der Waals surface area contributed by atoms with Gasteiger partial charge in [0.05, 0.1) is 24.5 Å². The Morgan fingerprint density at radius 2 is 2.12 bits per heavy atom. The zero-order valence-electron chi connectivity index (χ0n) is 13.5. The van der Waals surface area contributed by atoms with Crippen molar-refractivity contribution in [3.63, 3.8) is 0 Å². The maximum atomic E-state index is 12.9. The number of ether oxygens (including phenoxy) is 1. The van der Waals surface area contributed by atoms with Crippen LogP contribution in [-0.4, -0.2) is 44.4 Å². The van der Waals surface area contributed by atoms with E-state index in [0.29, 0.717) is 18.7 Å². The molecule has 128 valence electrons. The van der Waals surface area contributed by atoms with Crippen LogP contribution in [0, 0.1) is 5.82 Å². The van der Waals surface area contributed by atoms with Crippen LogP contribution in [0.4, 0.5) is 4.39 Å². The van der Waals surface area contributed by atoms with Gasteiger partial charge in [-0.3, -0.25) is 4.79 Å². The maximum Gasteiger partial charge on any atom is 0.316 e. The first-order valence-electron chi connectivity index (χ1n) is 8.19. The number of fused-ring (bicyclic) bond motifs is 1. The number of amides is 1. The molecule has 1 unspecified atom stereocenters. The largest absolute Gasteiger partial charge is 0.458 e. The number of halogens is 1. The van der Waals surface area contributed by atoms with Crippen LogP contribution in [0.3, 0.4) is 0 Å². The van der Waals surface area contributed by atoms with Crippen LogP contribution in [0.2, 0.25) is 0 Å². The first-order chi connectivity index (χ1) is 12.2. The number of hydrogen-bond donors (Lipinski definition) is 0. The van der Waals surface area contributed by atoms with Crippen LogP contribution in [0.25, 0.3) is 5.52 Å². The van der Waals surface area contributed by atoms with E-state index >= 15 is 0 Å². The molecule has 7 heteroatoms. The molecular weight excluding hydrogens is 323 g/mol. The van der Waals surface area contributed by atoms with E-state index in [9.17, 15) is 9.18 Å². The van der Waals surface area contributed by atoms with Crippen LogP contribution >= 0.6 is 0 Å². The predicted molar refractivity (Wildman–Crippen MR) is 88.9 cm³/mol. The third-order valence-corrected chi connectivity index (χ3v) is 4.29. The lowest BCUT2D eigenvalue weighted by Gasteiger charge is -2.32. The molecule has 6 nitrogen and oxygen atoms in total. The Balaban J connectivity index is 1.46. The molecule has 3 aromatic heterocycles. The van der Waals surface area contributed by atoms with Gasteiger partial charge in [0.25, 0.3) is 5.91 Å². The van der Waals surface area contributed by atoms with E-state index in [4.69, 9.17) is 4.74 Å². The molecular formula is C18H17FN4O2. The molecule has 25 heavy (non-hydrogen) atoms. The van der Waals surface area contributed by atoms with Crippen molar-refractivity contribution >= 4 is 11.4 Å². The summed E-state index contributed by atoms with van der Waals surface area (Å²) in [5, 5.41) is 0. The van der Waals surface area contributed by atoms with Gasteiger partial charge < -0.3 is 14.0 Å². The molecule has 1 saturated heterocycles. The summed E-state index contributed by atoms with van der Waals surface area (Å²) in [6, 6.07) is 7.85. The van der Waals surface area contributed by atoms with Gasteiger partial charge in [-0.25, -0.2) is 14.4 Å². The lowest BCUT2D eigenvalue weighted by Crippen LogP contribution is -2.44. The molecule has 1 aliphatic rings. The SMILES string of the molecule is O=C(c1cc2ccccn2c1)N1CCCC(Oc2ncc(F)cn2)C1. The highest BCUT2D eigenvalue weighted by molar-refractivity contribution is 5.95. The number of nitrogens with zero attached hydrogens (tertiary/aromatic N) is 4. The molecule has 0 N–H and O–H groups in total. The molecule has 0 aliphatic carbocycles. The number of pyridine rings is 1. The molecule has 1 atom stereocenters. The number of likely N-dealkylation sites (tertiary alicyclic amines) is 1. The standard InChI is InChI=1S/C18H17FN4O2/c19-14-9-20-18(21-10-14)25-16-5-3-7-23(12-16)17(24)13-8-15-4-1-2-6-22(15)11-13/h1-2,4,6,8-11,16H,3,5,7,12H2. The van der Waals surface area contributed by atoms with Crippen LogP contribution in [0.15, 0.2) is 49.1 Å². The summed E-state index contributed by atoms with van der Waals surface area (Å²) < 4.78 is 20.5. The number of piperidine rings is 1. The Kier molecular flexibility index (Phi) is 4.05. The molecule has 0 aromatic carbocycles. The first kappa shape index (κ1) is 15.6. The van der Waals surface area contributed by atoms with Gasteiger partial charge in [0, 0.05) is 24.5 Å². The first-order valence-corrected chi connectivity index (χ1v) is 8.19. The minimum absolute atomic E-state index is 0.0166. The normalized spacial score (nSPS) is 17.6. The quantitative estimate of drug-likeness (QED) is 0.735. The molecule has 1 amide bonds.